The van der Waals surface area contributed by atoms with Crippen LogP contribution in [-0.2, 0) is 0 Å². The standard InChI is InChI=1S/C8H6O4.H2N3.Na.H/c9-7(10)5-3-1-2-4-6(5)8(11)12;1-3-2;;/h1-4H,(H,9,10)(H,11,12);1-2H;;/q;2*+1;-1. The van der Waals surface area contributed by atoms with Gasteiger partial charge in [-0.1, -0.05) is 12.1 Å². The Kier molecular flexibility index (Phi) is 9.24. The van der Waals surface area contributed by atoms with E-state index >= 15 is 0 Å². The first-order chi connectivity index (χ1) is 7.04. The third-order valence-corrected chi connectivity index (χ3v) is 1.39. The van der Waals surface area contributed by atoms with Gasteiger partial charge in [0.25, 0.3) is 0 Å². The van der Waals surface area contributed by atoms with Gasteiger partial charge in [0.2, 0.25) is 4.91 Å². The number of nitrogens with one attached hydrogen (secondary N) is 2. The van der Waals surface area contributed by atoms with E-state index < -0.39 is 11.9 Å². The van der Waals surface area contributed by atoms with Crippen LogP contribution in [0, 0.1) is 11.1 Å². The van der Waals surface area contributed by atoms with Gasteiger partial charge in [0.05, 0.1) is 11.1 Å². The predicted molar refractivity (Wildman–Crippen MR) is 49.0 cm³/mol. The van der Waals surface area contributed by atoms with Gasteiger partial charge in [0.1, 0.15) is 11.1 Å². The molecule has 0 fully saturated rings. The molecule has 0 radical (unpaired) electrons. The largest absolute Gasteiger partial charge is 1.00 e. The Morgan fingerprint density at radius 1 is 1.06 bits per heavy atom. The fourth-order valence-corrected chi connectivity index (χ4v) is 0.856. The molecule has 4 N–H and O–H groups in total. The Bertz CT molecular complexity index is 388. The second-order valence-corrected chi connectivity index (χ2v) is 2.27. The topological polar surface area (TPSA) is 136 Å². The monoisotopic (exact) mass is 234 g/mol. The van der Waals surface area contributed by atoms with Gasteiger partial charge in [-0.15, -0.1) is 0 Å². The molecule has 1 aromatic carbocycles. The Morgan fingerprint density at radius 2 is 1.31 bits per heavy atom. The molecule has 0 aromatic heterocycles. The molecule has 8 heteroatoms. The quantitative estimate of drug-likeness (QED) is 0.276. The SMILES string of the molecule is N=[N+]=N.O=C(O)c1ccccc1C(=O)O.[H-].[Na+]. The molecule has 1 aromatic rings. The van der Waals surface area contributed by atoms with Crippen molar-refractivity contribution in [1.29, 1.82) is 11.1 Å². The molecule has 0 aliphatic rings. The minimum Gasteiger partial charge on any atom is -1.00 e. The van der Waals surface area contributed by atoms with Gasteiger partial charge in [0.15, 0.2) is 0 Å². The Balaban J connectivity index is -0.000000356. The summed E-state index contributed by atoms with van der Waals surface area (Å²) in [5.74, 6) is -2.46. The summed E-state index contributed by atoms with van der Waals surface area (Å²) in [5.41, 5.74) is 10.6. The number of carboxylic acids is 2. The molecule has 0 unspecified atom stereocenters. The zero-order chi connectivity index (χ0) is 11.8. The number of benzene rings is 1. The van der Waals surface area contributed by atoms with E-state index in [1.54, 1.807) is 0 Å². The molecule has 16 heavy (non-hydrogen) atoms. The molecule has 0 saturated carbocycles. The molecule has 0 atom stereocenters. The molecule has 0 bridgehead atoms. The summed E-state index contributed by atoms with van der Waals surface area (Å²) >= 11 is 0. The van der Waals surface area contributed by atoms with Crippen LogP contribution < -0.4 is 34.5 Å². The Labute approximate surface area is 114 Å². The normalized spacial score (nSPS) is 7.50. The average molecular weight is 234 g/mol. The summed E-state index contributed by atoms with van der Waals surface area (Å²) in [6.45, 7) is 0. The van der Waals surface area contributed by atoms with E-state index in [2.05, 4.69) is 0 Å². The Morgan fingerprint density at radius 3 is 1.50 bits per heavy atom. The molecule has 7 nitrogen and oxygen atoms in total. The van der Waals surface area contributed by atoms with Crippen LogP contribution in [0.1, 0.15) is 22.1 Å². The maximum atomic E-state index is 10.5. The zero-order valence-corrected chi connectivity index (χ0v) is 10.5. The van der Waals surface area contributed by atoms with Crippen molar-refractivity contribution in [2.24, 2.45) is 0 Å². The van der Waals surface area contributed by atoms with E-state index in [-0.39, 0.29) is 42.1 Å². The number of nitrogens with zero attached hydrogens (tertiary/aromatic N) is 1. The molecule has 80 valence electrons. The van der Waals surface area contributed by atoms with Gasteiger partial charge in [-0.25, -0.2) is 9.59 Å². The molecule has 0 heterocycles. The third kappa shape index (κ3) is 5.38. The number of aromatic carboxylic acids is 2. The van der Waals surface area contributed by atoms with Crippen LogP contribution in [0.4, 0.5) is 0 Å². The number of hydrogen-bond acceptors (Lipinski definition) is 4. The minimum absolute atomic E-state index is 0. The van der Waals surface area contributed by atoms with Gasteiger partial charge in [-0.3, -0.25) is 0 Å². The summed E-state index contributed by atoms with van der Waals surface area (Å²) in [6.07, 6.45) is 0. The van der Waals surface area contributed by atoms with E-state index in [0.717, 1.165) is 0 Å². The van der Waals surface area contributed by atoms with Crippen LogP contribution in [0.2, 0.25) is 0 Å². The maximum absolute atomic E-state index is 10.5. The molecule has 0 amide bonds. The molecule has 0 aliphatic heterocycles. The first-order valence-electron chi connectivity index (χ1n) is 3.63. The van der Waals surface area contributed by atoms with Crippen molar-refractivity contribution in [3.63, 3.8) is 0 Å². The van der Waals surface area contributed by atoms with Gasteiger partial charge in [0, 0.05) is 0 Å². The van der Waals surface area contributed by atoms with Crippen molar-refractivity contribution in [3.05, 3.63) is 35.4 Å². The summed E-state index contributed by atoms with van der Waals surface area (Å²) in [5, 5.41) is 17.1. The zero-order valence-electron chi connectivity index (χ0n) is 9.47. The first-order valence-corrected chi connectivity index (χ1v) is 3.63. The van der Waals surface area contributed by atoms with Gasteiger partial charge in [-0.2, -0.15) is 0 Å². The van der Waals surface area contributed by atoms with Crippen molar-refractivity contribution >= 4 is 11.9 Å². The molecule has 0 saturated heterocycles. The van der Waals surface area contributed by atoms with E-state index in [0.29, 0.717) is 0 Å². The number of carboxylic acid groups (broad SMARTS) is 2. The summed E-state index contributed by atoms with van der Waals surface area (Å²) in [6, 6.07) is 5.48. The van der Waals surface area contributed by atoms with Crippen LogP contribution in [0.5, 0.6) is 0 Å². The predicted octanol–water partition coefficient (Wildman–Crippen LogP) is -1.68. The maximum Gasteiger partial charge on any atom is 1.00 e. The van der Waals surface area contributed by atoms with Crippen LogP contribution in [0.3, 0.4) is 0 Å². The summed E-state index contributed by atoms with van der Waals surface area (Å²) in [7, 11) is 0. The van der Waals surface area contributed by atoms with Crippen molar-refractivity contribution < 1.29 is 50.8 Å². The molecule has 0 spiro atoms. The second-order valence-electron chi connectivity index (χ2n) is 2.27. The number of carbonyl (C=O) groups is 2. The van der Waals surface area contributed by atoms with Crippen LogP contribution in [0.25, 0.3) is 0 Å². The smallest absolute Gasteiger partial charge is 1.00 e. The van der Waals surface area contributed by atoms with E-state index in [9.17, 15) is 9.59 Å². The van der Waals surface area contributed by atoms with Gasteiger partial charge < -0.3 is 11.6 Å². The fourth-order valence-electron chi connectivity index (χ4n) is 0.856. The Hall–Kier alpha value is -1.53. The summed E-state index contributed by atoms with van der Waals surface area (Å²) < 4.78 is 0. The number of rotatable bonds is 2. The average Bonchev–Trinajstić information content (AvgIpc) is 2.19. The summed E-state index contributed by atoms with van der Waals surface area (Å²) in [4.78, 5) is 22.9. The van der Waals surface area contributed by atoms with Crippen molar-refractivity contribution in [1.82, 2.24) is 4.91 Å². The van der Waals surface area contributed by atoms with Crippen LogP contribution >= 0.6 is 0 Å². The van der Waals surface area contributed by atoms with E-state index in [1.807, 2.05) is 4.91 Å². The molecular weight excluding hydrogens is 225 g/mol. The van der Waals surface area contributed by atoms with E-state index in [4.69, 9.17) is 21.3 Å². The minimum atomic E-state index is -1.23. The van der Waals surface area contributed by atoms with Crippen molar-refractivity contribution in [2.75, 3.05) is 0 Å². The molecule has 0 aliphatic carbocycles. The van der Waals surface area contributed by atoms with Crippen molar-refractivity contribution in [3.8, 4) is 0 Å². The van der Waals surface area contributed by atoms with Crippen molar-refractivity contribution in [2.45, 2.75) is 0 Å². The second kappa shape index (κ2) is 8.75. The van der Waals surface area contributed by atoms with E-state index in [1.165, 1.54) is 24.3 Å². The number of hydrogen-bond donors (Lipinski definition) is 4. The molecule has 1 rings (SSSR count). The van der Waals surface area contributed by atoms with Crippen LogP contribution in [-0.4, -0.2) is 22.2 Å². The fraction of sp³-hybridized carbons (Fsp3) is 0. The van der Waals surface area contributed by atoms with Gasteiger partial charge >= 0.3 is 41.5 Å². The third-order valence-electron chi connectivity index (χ3n) is 1.39. The van der Waals surface area contributed by atoms with Gasteiger partial charge in [-0.05, 0) is 12.1 Å². The first kappa shape index (κ1) is 16.9. The van der Waals surface area contributed by atoms with Crippen LogP contribution in [0.15, 0.2) is 24.3 Å². The molecular formula is C8H9N3NaO4+.